The molecule has 0 fully saturated rings. The smallest absolute Gasteiger partial charge is 0.263 e. The first-order chi connectivity index (χ1) is 16.1. The molecule has 0 amide bonds. The van der Waals surface area contributed by atoms with Gasteiger partial charge in [-0.15, -0.1) is 0 Å². The minimum absolute atomic E-state index is 0.0397. The molecule has 1 aliphatic rings. The summed E-state index contributed by atoms with van der Waals surface area (Å²) in [6.45, 7) is 0.0397. The molecule has 0 aliphatic carbocycles. The van der Waals surface area contributed by atoms with Crippen LogP contribution in [0.15, 0.2) is 91.5 Å². The van der Waals surface area contributed by atoms with E-state index in [0.29, 0.717) is 11.0 Å². The van der Waals surface area contributed by atoms with Gasteiger partial charge in [0.25, 0.3) is 20.0 Å². The van der Waals surface area contributed by atoms with Crippen molar-refractivity contribution in [1.82, 2.24) is 0 Å². The van der Waals surface area contributed by atoms with Crippen LogP contribution in [0.2, 0.25) is 0 Å². The number of anilines is 2. The van der Waals surface area contributed by atoms with E-state index in [1.807, 2.05) is 0 Å². The van der Waals surface area contributed by atoms with Crippen LogP contribution in [0.5, 0.6) is 0 Å². The van der Waals surface area contributed by atoms with E-state index >= 15 is 0 Å². The maximum absolute atomic E-state index is 13.9. The second-order valence-electron chi connectivity index (χ2n) is 7.47. The topological polar surface area (TPSA) is 74.8 Å². The molecule has 3 aromatic carbocycles. The van der Waals surface area contributed by atoms with E-state index in [2.05, 4.69) is 63.7 Å². The summed E-state index contributed by atoms with van der Waals surface area (Å²) in [5, 5.41) is 0.291. The van der Waals surface area contributed by atoms with Gasteiger partial charge in [0, 0.05) is 20.8 Å². The lowest BCUT2D eigenvalue weighted by atomic mass is 10.2. The summed E-state index contributed by atoms with van der Waals surface area (Å²) in [4.78, 5) is -0.278. The van der Waals surface area contributed by atoms with Crippen LogP contribution in [-0.4, -0.2) is 39.6 Å². The van der Waals surface area contributed by atoms with Crippen molar-refractivity contribution in [2.75, 3.05) is 20.5 Å². The molecular formula is C22H18Br4N2O4S2. The Morgan fingerprint density at radius 3 is 1.71 bits per heavy atom. The predicted octanol–water partition coefficient (Wildman–Crippen LogP) is 6.14. The predicted molar refractivity (Wildman–Crippen MR) is 149 cm³/mol. The van der Waals surface area contributed by atoms with Crippen LogP contribution >= 0.6 is 63.7 Å². The van der Waals surface area contributed by atoms with E-state index in [-0.39, 0.29) is 22.0 Å². The highest BCUT2D eigenvalue weighted by Crippen LogP contribution is 2.42. The highest BCUT2D eigenvalue weighted by atomic mass is 79.9. The van der Waals surface area contributed by atoms with Crippen molar-refractivity contribution in [3.05, 3.63) is 81.7 Å². The van der Waals surface area contributed by atoms with Crippen LogP contribution in [0, 0.1) is 0 Å². The Kier molecular flexibility index (Phi) is 7.86. The van der Waals surface area contributed by atoms with Gasteiger partial charge in [-0.1, -0.05) is 75.9 Å². The Hall–Kier alpha value is -0.920. The number of hydrogen-bond donors (Lipinski definition) is 0. The van der Waals surface area contributed by atoms with Gasteiger partial charge in [0.1, 0.15) is 0 Å². The second-order valence-corrected chi connectivity index (χ2v) is 14.8. The number of fused-ring (bicyclic) bond motifs is 1. The van der Waals surface area contributed by atoms with Crippen molar-refractivity contribution in [2.45, 2.75) is 20.7 Å². The molecule has 0 N–H and O–H groups in total. The molecule has 6 nitrogen and oxygen atoms in total. The van der Waals surface area contributed by atoms with Crippen LogP contribution in [0.4, 0.5) is 11.4 Å². The minimum Gasteiger partial charge on any atom is -0.263 e. The zero-order valence-corrected chi connectivity index (χ0v) is 25.3. The van der Waals surface area contributed by atoms with Gasteiger partial charge in [-0.3, -0.25) is 8.61 Å². The van der Waals surface area contributed by atoms with Crippen molar-refractivity contribution in [2.24, 2.45) is 0 Å². The van der Waals surface area contributed by atoms with Crippen LogP contribution in [0.1, 0.15) is 0 Å². The Morgan fingerprint density at radius 2 is 1.21 bits per heavy atom. The molecule has 1 aliphatic heterocycles. The van der Waals surface area contributed by atoms with Crippen molar-refractivity contribution in [1.29, 1.82) is 0 Å². The number of alkyl halides is 2. The van der Waals surface area contributed by atoms with Crippen molar-refractivity contribution < 1.29 is 16.8 Å². The summed E-state index contributed by atoms with van der Waals surface area (Å²) < 4.78 is 59.3. The summed E-state index contributed by atoms with van der Waals surface area (Å²) in [5.41, 5.74) is 0.580. The molecule has 0 bridgehead atoms. The van der Waals surface area contributed by atoms with Gasteiger partial charge in [-0.05, 0) is 60.7 Å². The average Bonchev–Trinajstić information content (AvgIpc) is 2.94. The van der Waals surface area contributed by atoms with E-state index < -0.39 is 30.9 Å². The number of para-hydroxylation sites is 2. The van der Waals surface area contributed by atoms with Gasteiger partial charge in [0.2, 0.25) is 0 Å². The van der Waals surface area contributed by atoms with Crippen molar-refractivity contribution >= 4 is 95.1 Å². The summed E-state index contributed by atoms with van der Waals surface area (Å²) in [7, 11) is -8.00. The van der Waals surface area contributed by atoms with Gasteiger partial charge >= 0.3 is 0 Å². The van der Waals surface area contributed by atoms with Crippen molar-refractivity contribution in [3.8, 4) is 0 Å². The zero-order chi connectivity index (χ0) is 24.7. The Labute approximate surface area is 233 Å². The number of rotatable bonds is 5. The maximum atomic E-state index is 13.9. The summed E-state index contributed by atoms with van der Waals surface area (Å²) in [6, 6.07) is 18.8. The molecule has 12 heteroatoms. The maximum Gasteiger partial charge on any atom is 0.264 e. The van der Waals surface area contributed by atoms with E-state index in [4.69, 9.17) is 0 Å². The second kappa shape index (κ2) is 10.2. The molecule has 0 aromatic heterocycles. The van der Waals surface area contributed by atoms with E-state index in [1.165, 1.54) is 32.9 Å². The third-order valence-corrected chi connectivity index (χ3v) is 11.6. The highest BCUT2D eigenvalue weighted by Gasteiger charge is 2.43. The number of benzene rings is 3. The lowest BCUT2D eigenvalue weighted by Gasteiger charge is -2.32. The Bertz CT molecular complexity index is 1400. The number of hydrogen-bond acceptors (Lipinski definition) is 4. The number of nitrogens with zero attached hydrogens (tertiary/aromatic N) is 2. The number of sulfonamides is 2. The number of halogens is 4. The zero-order valence-electron chi connectivity index (χ0n) is 17.4. The van der Waals surface area contributed by atoms with E-state index in [0.717, 1.165) is 8.95 Å². The molecular weight excluding hydrogens is 740 g/mol. The third kappa shape index (κ3) is 4.86. The monoisotopic (exact) mass is 754 g/mol. The fourth-order valence-corrected chi connectivity index (χ4v) is 9.94. The van der Waals surface area contributed by atoms with E-state index in [1.54, 1.807) is 48.5 Å². The first kappa shape index (κ1) is 26.2. The fraction of sp³-hybridized carbons (Fsp3) is 0.182. The molecule has 2 atom stereocenters. The molecule has 3 aromatic rings. The fourth-order valence-electron chi connectivity index (χ4n) is 3.71. The summed E-state index contributed by atoms with van der Waals surface area (Å²) in [6.07, 6.45) is 0. The lowest BCUT2D eigenvalue weighted by Crippen LogP contribution is -2.47. The van der Waals surface area contributed by atoms with Gasteiger partial charge in [0.15, 0.2) is 0 Å². The molecule has 0 spiro atoms. The molecule has 0 saturated carbocycles. The highest BCUT2D eigenvalue weighted by molar-refractivity contribution is 9.11. The molecule has 0 radical (unpaired) electrons. The van der Waals surface area contributed by atoms with Crippen molar-refractivity contribution in [3.63, 3.8) is 0 Å². The Balaban J connectivity index is 1.93. The first-order valence-corrected chi connectivity index (χ1v) is 16.4. The van der Waals surface area contributed by atoms with Gasteiger partial charge in [-0.25, -0.2) is 16.8 Å². The minimum atomic E-state index is -4.02. The van der Waals surface area contributed by atoms with Crippen LogP contribution in [-0.2, 0) is 20.0 Å². The molecule has 1 heterocycles. The summed E-state index contributed by atoms with van der Waals surface area (Å²) in [5.74, 6) is 0. The SMILES string of the molecule is O=S(=O)(c1ccc(Br)cc1)N1C[C@@H](Br)[C@@H](CBr)N(S(=O)(=O)c2ccc(Br)cc2)c2ccccc21. The van der Waals surface area contributed by atoms with Gasteiger partial charge in [-0.2, -0.15) is 0 Å². The normalized spacial score (nSPS) is 18.9. The largest absolute Gasteiger partial charge is 0.264 e. The van der Waals surface area contributed by atoms with Crippen LogP contribution in [0.25, 0.3) is 0 Å². The molecule has 180 valence electrons. The van der Waals surface area contributed by atoms with Crippen LogP contribution in [0.3, 0.4) is 0 Å². The first-order valence-electron chi connectivity index (χ1n) is 9.95. The quantitative estimate of drug-likeness (QED) is 0.293. The molecule has 4 rings (SSSR count). The van der Waals surface area contributed by atoms with E-state index in [9.17, 15) is 16.8 Å². The molecule has 0 unspecified atom stereocenters. The third-order valence-electron chi connectivity index (χ3n) is 5.38. The van der Waals surface area contributed by atoms with Gasteiger partial charge in [0.05, 0.1) is 32.0 Å². The lowest BCUT2D eigenvalue weighted by molar-refractivity contribution is 0.579. The summed E-state index contributed by atoms with van der Waals surface area (Å²) >= 11 is 13.7. The average molecular weight is 758 g/mol. The van der Waals surface area contributed by atoms with Crippen LogP contribution < -0.4 is 8.61 Å². The molecule has 0 saturated heterocycles. The van der Waals surface area contributed by atoms with Gasteiger partial charge < -0.3 is 0 Å². The Morgan fingerprint density at radius 1 is 0.735 bits per heavy atom. The standard InChI is InChI=1S/C22H18Br4N2O4S2/c23-13-22-19(26)14-27(33(29,30)17-9-5-15(24)6-10-17)20-3-1-2-4-21(20)28(22)34(31,32)18-11-7-16(25)8-12-18/h1-12,19,22H,13-14H2/t19-,22-/m1/s1. The molecule has 34 heavy (non-hydrogen) atoms.